The van der Waals surface area contributed by atoms with Crippen LogP contribution >= 0.6 is 0 Å². The van der Waals surface area contributed by atoms with Crippen molar-refractivity contribution in [3.05, 3.63) is 65.5 Å². The molecule has 0 radical (unpaired) electrons. The molecule has 1 spiro atoms. The van der Waals surface area contributed by atoms with E-state index in [1.807, 2.05) is 18.0 Å². The summed E-state index contributed by atoms with van der Waals surface area (Å²) in [6.07, 6.45) is 12.1. The minimum atomic E-state index is -0.977. The number of amides is 4. The molecule has 2 aromatic carbocycles. The Labute approximate surface area is 399 Å². The third-order valence-electron chi connectivity index (χ3n) is 17.4. The number of hydrazine groups is 1. The van der Waals surface area contributed by atoms with Crippen molar-refractivity contribution in [1.82, 2.24) is 41.1 Å². The number of rotatable bonds is 7. The summed E-state index contributed by atoms with van der Waals surface area (Å²) in [5.74, 6) is -0.876. The van der Waals surface area contributed by atoms with Gasteiger partial charge in [0.05, 0.1) is 30.4 Å². The van der Waals surface area contributed by atoms with Gasteiger partial charge in [-0.3, -0.25) is 45.5 Å². The van der Waals surface area contributed by atoms with Crippen LogP contribution in [0.2, 0.25) is 0 Å². The molecule has 0 aliphatic carbocycles. The van der Waals surface area contributed by atoms with E-state index < -0.39 is 11.6 Å². The van der Waals surface area contributed by atoms with Crippen LogP contribution in [0.25, 0.3) is 0 Å². The standard InChI is InChI=1S/C51H70FN11O5/c1-50(68)17-3-4-35(52)32-62-48(67)40-29-53-49(57-45(40)63(62)43-6-2-5-42(50)55-43)54-36-7-9-37(10-8-36)60-26-20-51(21-27-60)18-24-58(25-19-51)30-33-15-22-59(23-16-33)38-11-12-39-34(28-38)31-61(47(39)66)41-13-14-44(64)56-46(41)65/h4,7-12,28,33,40-43,45,49,53-55,57,68H,2-3,5-6,13-27,29-32H2,1H3,(H,56,64,65)/b35-4+/t40?,41?,42?,43?,45?,49?,50-/m1/s1. The smallest absolute Gasteiger partial charge is 0.255 e. The molecule has 7 saturated heterocycles. The molecule has 17 heteroatoms. The topological polar surface area (TPSA) is 168 Å². The Morgan fingerprint density at radius 3 is 2.32 bits per heavy atom. The summed E-state index contributed by atoms with van der Waals surface area (Å²) in [6.45, 7) is 10.2. The molecule has 0 saturated carbocycles. The van der Waals surface area contributed by atoms with Crippen molar-refractivity contribution in [1.29, 1.82) is 0 Å². The van der Waals surface area contributed by atoms with Gasteiger partial charge < -0.3 is 30.0 Å². The molecule has 11 rings (SSSR count). The van der Waals surface area contributed by atoms with Crippen molar-refractivity contribution >= 4 is 40.7 Å². The number of allylic oxidation sites excluding steroid dienone is 1. The van der Waals surface area contributed by atoms with Gasteiger partial charge in [-0.2, -0.15) is 5.01 Å². The largest absolute Gasteiger partial charge is 0.389 e. The van der Waals surface area contributed by atoms with Crippen molar-refractivity contribution in [2.75, 3.05) is 74.0 Å². The van der Waals surface area contributed by atoms with Crippen LogP contribution in [-0.2, 0) is 20.9 Å². The lowest BCUT2D eigenvalue weighted by molar-refractivity contribution is -0.147. The molecule has 366 valence electrons. The van der Waals surface area contributed by atoms with Crippen LogP contribution in [0.5, 0.6) is 0 Å². The lowest BCUT2D eigenvalue weighted by atomic mass is 9.71. The quantitative estimate of drug-likeness (QED) is 0.222. The Morgan fingerprint density at radius 2 is 1.56 bits per heavy atom. The van der Waals surface area contributed by atoms with Crippen LogP contribution in [-0.4, -0.2) is 144 Å². The van der Waals surface area contributed by atoms with E-state index in [2.05, 4.69) is 77.7 Å². The Balaban J connectivity index is 0.629. The van der Waals surface area contributed by atoms with Crippen LogP contribution in [0.3, 0.4) is 0 Å². The number of nitrogens with zero attached hydrogens (tertiary/aromatic N) is 6. The predicted molar refractivity (Wildman–Crippen MR) is 256 cm³/mol. The number of carbonyl (C=O) groups is 4. The van der Waals surface area contributed by atoms with Crippen LogP contribution in [0.1, 0.15) is 106 Å². The Hall–Kier alpha value is -4.65. The molecule has 2 bridgehead atoms. The van der Waals surface area contributed by atoms with E-state index in [1.54, 1.807) is 9.91 Å². The Kier molecular flexibility index (Phi) is 12.5. The van der Waals surface area contributed by atoms with E-state index >= 15 is 4.39 Å². The summed E-state index contributed by atoms with van der Waals surface area (Å²) in [5, 5.41) is 31.8. The molecule has 68 heavy (non-hydrogen) atoms. The second-order valence-electron chi connectivity index (χ2n) is 21.7. The zero-order valence-corrected chi connectivity index (χ0v) is 39.6. The molecule has 6 N–H and O–H groups in total. The fraction of sp³-hybridized carbons (Fsp3) is 0.647. The minimum absolute atomic E-state index is 0.0862. The zero-order valence-electron chi connectivity index (χ0n) is 39.6. The lowest BCUT2D eigenvalue weighted by Gasteiger charge is -2.48. The number of imide groups is 1. The number of benzene rings is 2. The number of halogens is 1. The molecule has 4 amide bonds. The third-order valence-corrected chi connectivity index (χ3v) is 17.4. The summed E-state index contributed by atoms with van der Waals surface area (Å²) in [4.78, 5) is 60.5. The van der Waals surface area contributed by atoms with Crippen LogP contribution in [0.4, 0.5) is 21.5 Å². The molecule has 16 nitrogen and oxygen atoms in total. The molecular weight excluding hydrogens is 866 g/mol. The number of fused-ring (bicyclic) bond motifs is 7. The number of hydrogen-bond donors (Lipinski definition) is 6. The summed E-state index contributed by atoms with van der Waals surface area (Å²) in [6, 6.07) is 14.1. The number of piperidine rings is 5. The first-order valence-corrected chi connectivity index (χ1v) is 25.7. The van der Waals surface area contributed by atoms with Crippen molar-refractivity contribution in [3.63, 3.8) is 0 Å². The molecule has 9 aliphatic rings. The third kappa shape index (κ3) is 9.02. The molecule has 7 fully saturated rings. The van der Waals surface area contributed by atoms with Crippen LogP contribution in [0, 0.1) is 17.3 Å². The maximum atomic E-state index is 15.3. The van der Waals surface area contributed by atoms with Gasteiger partial charge in [0, 0.05) is 80.9 Å². The molecule has 2 aromatic rings. The highest BCUT2D eigenvalue weighted by atomic mass is 19.1. The zero-order chi connectivity index (χ0) is 46.7. The van der Waals surface area contributed by atoms with Gasteiger partial charge in [-0.05, 0) is 156 Å². The average molecular weight is 936 g/mol. The average Bonchev–Trinajstić information content (AvgIpc) is 3.81. The van der Waals surface area contributed by atoms with E-state index in [0.29, 0.717) is 49.2 Å². The van der Waals surface area contributed by atoms with Gasteiger partial charge in [0.25, 0.3) is 5.91 Å². The number of hydrogen-bond acceptors (Lipinski definition) is 13. The van der Waals surface area contributed by atoms with E-state index in [9.17, 15) is 24.3 Å². The first kappa shape index (κ1) is 45.8. The van der Waals surface area contributed by atoms with Gasteiger partial charge in [0.2, 0.25) is 17.7 Å². The second-order valence-corrected chi connectivity index (χ2v) is 21.7. The van der Waals surface area contributed by atoms with Crippen molar-refractivity contribution in [3.8, 4) is 0 Å². The number of nitrogens with one attached hydrogen (secondary N) is 5. The fourth-order valence-electron chi connectivity index (χ4n) is 13.2. The highest BCUT2D eigenvalue weighted by molar-refractivity contribution is 6.05. The van der Waals surface area contributed by atoms with E-state index in [0.717, 1.165) is 81.8 Å². The first-order valence-electron chi connectivity index (χ1n) is 25.7. The Bertz CT molecular complexity index is 2270. The normalized spacial score (nSPS) is 33.7. The van der Waals surface area contributed by atoms with Gasteiger partial charge in [0.1, 0.15) is 18.2 Å². The second kappa shape index (κ2) is 18.6. The number of carbonyl (C=O) groups excluding carboxylic acids is 4. The fourth-order valence-corrected chi connectivity index (χ4v) is 13.2. The van der Waals surface area contributed by atoms with E-state index in [-0.39, 0.29) is 73.0 Å². The van der Waals surface area contributed by atoms with E-state index in [1.165, 1.54) is 50.5 Å². The number of anilines is 3. The molecule has 6 unspecified atom stereocenters. The van der Waals surface area contributed by atoms with Gasteiger partial charge in [-0.25, -0.2) is 4.39 Å². The summed E-state index contributed by atoms with van der Waals surface area (Å²) in [5.41, 5.74) is 4.44. The summed E-state index contributed by atoms with van der Waals surface area (Å²) in [7, 11) is 0. The van der Waals surface area contributed by atoms with Crippen LogP contribution in [0.15, 0.2) is 54.4 Å². The van der Waals surface area contributed by atoms with Gasteiger partial charge in [-0.1, -0.05) is 6.08 Å². The van der Waals surface area contributed by atoms with Gasteiger partial charge >= 0.3 is 0 Å². The first-order chi connectivity index (χ1) is 32.9. The van der Waals surface area contributed by atoms with Crippen molar-refractivity contribution in [2.24, 2.45) is 17.3 Å². The van der Waals surface area contributed by atoms with E-state index in [4.69, 9.17) is 0 Å². The number of likely N-dealkylation sites (tertiary alicyclic amines) is 1. The predicted octanol–water partition coefficient (Wildman–Crippen LogP) is 3.80. The molecule has 9 heterocycles. The van der Waals surface area contributed by atoms with Crippen LogP contribution < -0.4 is 36.4 Å². The maximum absolute atomic E-state index is 15.3. The maximum Gasteiger partial charge on any atom is 0.255 e. The summed E-state index contributed by atoms with van der Waals surface area (Å²) >= 11 is 0. The van der Waals surface area contributed by atoms with Gasteiger partial charge in [0.15, 0.2) is 0 Å². The summed E-state index contributed by atoms with van der Waals surface area (Å²) < 4.78 is 15.3. The highest BCUT2D eigenvalue weighted by Crippen LogP contribution is 2.43. The Morgan fingerprint density at radius 1 is 0.824 bits per heavy atom. The lowest BCUT2D eigenvalue weighted by Crippen LogP contribution is -2.69. The van der Waals surface area contributed by atoms with Crippen molar-refractivity contribution < 1.29 is 28.7 Å². The molecule has 9 aliphatic heterocycles. The van der Waals surface area contributed by atoms with Gasteiger partial charge in [-0.15, -0.1) is 0 Å². The molecule has 0 aromatic heterocycles. The monoisotopic (exact) mass is 936 g/mol. The molecular formula is C51H70FN11O5. The van der Waals surface area contributed by atoms with Crippen molar-refractivity contribution in [2.45, 2.75) is 133 Å². The molecule has 7 atom stereocenters. The minimum Gasteiger partial charge on any atom is -0.389 e. The number of aliphatic hydroxyl groups is 1. The SMILES string of the molecule is C[C@@]1(O)CC/C=C(/F)CN2C(=O)C3CNC(Nc4ccc(N5CCC6(CCN(CC7CCN(c8ccc9c(c8)CN(C8CCC(=O)NC8=O)C9=O)CC7)CC6)CC5)cc4)NC3N2C2CCCC1N2. The highest BCUT2D eigenvalue weighted by Gasteiger charge is 2.53.